The lowest BCUT2D eigenvalue weighted by Crippen LogP contribution is -2.25. The molecule has 0 radical (unpaired) electrons. The molecule has 0 spiro atoms. The Bertz CT molecular complexity index is 1140. The van der Waals surface area contributed by atoms with Crippen LogP contribution in [0.25, 0.3) is 0 Å². The summed E-state index contributed by atoms with van der Waals surface area (Å²) in [7, 11) is 0. The van der Waals surface area contributed by atoms with Gasteiger partial charge in [0.25, 0.3) is 11.8 Å². The standard InChI is InChI=1S/C19H12F2N2O7S/c20-19(21)29-11-4-3-10(8-13(11)30-19)22-15(24)9-28-18(26)14-5-6-16(31-14)23-17(25)12-2-1-7-27-12/h1-8H,9H2,(H,22,24)(H,23,25). The van der Waals surface area contributed by atoms with E-state index >= 15 is 0 Å². The summed E-state index contributed by atoms with van der Waals surface area (Å²) in [5.74, 6) is -2.23. The topological polar surface area (TPSA) is 116 Å². The van der Waals surface area contributed by atoms with Gasteiger partial charge in [-0.1, -0.05) is 0 Å². The summed E-state index contributed by atoms with van der Waals surface area (Å²) in [6, 6.07) is 9.69. The number of furan rings is 1. The fourth-order valence-corrected chi connectivity index (χ4v) is 3.32. The minimum absolute atomic E-state index is 0.112. The SMILES string of the molecule is O=C(COC(=O)c1ccc(NC(=O)c2ccco2)s1)Nc1ccc2c(c1)OC(F)(F)O2. The number of benzene rings is 1. The van der Waals surface area contributed by atoms with Crippen molar-refractivity contribution < 1.29 is 41.8 Å². The first-order valence-corrected chi connectivity index (χ1v) is 9.42. The van der Waals surface area contributed by atoms with Crippen LogP contribution in [0, 0.1) is 0 Å². The number of carbonyl (C=O) groups excluding carboxylic acids is 3. The fourth-order valence-electron chi connectivity index (χ4n) is 2.52. The van der Waals surface area contributed by atoms with Crippen molar-refractivity contribution in [2.24, 2.45) is 0 Å². The summed E-state index contributed by atoms with van der Waals surface area (Å²) < 4.78 is 44.5. The minimum atomic E-state index is -3.77. The number of rotatable bonds is 6. The highest BCUT2D eigenvalue weighted by atomic mass is 32.1. The van der Waals surface area contributed by atoms with E-state index in [2.05, 4.69) is 20.1 Å². The summed E-state index contributed by atoms with van der Waals surface area (Å²) in [6.45, 7) is -0.616. The second kappa shape index (κ2) is 8.07. The number of anilines is 2. The van der Waals surface area contributed by atoms with Crippen LogP contribution in [0.3, 0.4) is 0 Å². The number of hydrogen-bond donors (Lipinski definition) is 2. The van der Waals surface area contributed by atoms with Gasteiger partial charge in [0.05, 0.1) is 11.3 Å². The molecule has 4 rings (SSSR count). The van der Waals surface area contributed by atoms with Gasteiger partial charge in [0, 0.05) is 11.8 Å². The number of hydrogen-bond acceptors (Lipinski definition) is 8. The van der Waals surface area contributed by atoms with Crippen molar-refractivity contribution in [2.75, 3.05) is 17.2 Å². The molecule has 0 saturated heterocycles. The highest BCUT2D eigenvalue weighted by Gasteiger charge is 2.43. The van der Waals surface area contributed by atoms with Crippen LogP contribution in [-0.2, 0) is 9.53 Å². The predicted molar refractivity (Wildman–Crippen MR) is 103 cm³/mol. The summed E-state index contributed by atoms with van der Waals surface area (Å²) in [5.41, 5.74) is 0.153. The second-order valence-corrected chi connectivity index (χ2v) is 7.13. The molecule has 3 aromatic rings. The van der Waals surface area contributed by atoms with E-state index in [-0.39, 0.29) is 27.8 Å². The third-order valence-electron chi connectivity index (χ3n) is 3.81. The Balaban J connectivity index is 1.28. The van der Waals surface area contributed by atoms with E-state index in [1.807, 2.05) is 0 Å². The zero-order chi connectivity index (χ0) is 22.0. The minimum Gasteiger partial charge on any atom is -0.459 e. The smallest absolute Gasteiger partial charge is 0.459 e. The molecule has 3 heterocycles. The van der Waals surface area contributed by atoms with E-state index in [1.54, 1.807) is 6.07 Å². The monoisotopic (exact) mass is 450 g/mol. The highest BCUT2D eigenvalue weighted by Crippen LogP contribution is 2.42. The lowest BCUT2D eigenvalue weighted by atomic mass is 10.3. The molecule has 1 aliphatic rings. The van der Waals surface area contributed by atoms with Crippen molar-refractivity contribution in [1.29, 1.82) is 0 Å². The summed E-state index contributed by atoms with van der Waals surface area (Å²) in [4.78, 5) is 36.2. The lowest BCUT2D eigenvalue weighted by Gasteiger charge is -2.06. The Morgan fingerprint density at radius 1 is 1.03 bits per heavy atom. The molecule has 1 aliphatic heterocycles. The zero-order valence-electron chi connectivity index (χ0n) is 15.3. The van der Waals surface area contributed by atoms with Gasteiger partial charge < -0.3 is 29.3 Å². The third kappa shape index (κ3) is 4.80. The van der Waals surface area contributed by atoms with Gasteiger partial charge >= 0.3 is 12.3 Å². The Morgan fingerprint density at radius 3 is 2.61 bits per heavy atom. The van der Waals surface area contributed by atoms with Gasteiger partial charge in [-0.05, 0) is 36.4 Å². The Hall–Kier alpha value is -3.93. The largest absolute Gasteiger partial charge is 0.586 e. The lowest BCUT2D eigenvalue weighted by molar-refractivity contribution is -0.286. The predicted octanol–water partition coefficient (Wildman–Crippen LogP) is 3.71. The Kier molecular flexibility index (Phi) is 5.29. The van der Waals surface area contributed by atoms with Crippen LogP contribution in [0.4, 0.5) is 19.5 Å². The maximum absolute atomic E-state index is 13.0. The van der Waals surface area contributed by atoms with Gasteiger partial charge in [-0.2, -0.15) is 0 Å². The summed E-state index contributed by atoms with van der Waals surface area (Å²) in [6.07, 6.45) is -2.41. The third-order valence-corrected chi connectivity index (χ3v) is 4.79. The number of carbonyl (C=O) groups is 3. The van der Waals surface area contributed by atoms with Crippen molar-refractivity contribution in [3.63, 3.8) is 0 Å². The molecule has 0 atom stereocenters. The van der Waals surface area contributed by atoms with Crippen molar-refractivity contribution in [1.82, 2.24) is 0 Å². The number of alkyl halides is 2. The van der Waals surface area contributed by atoms with Crippen LogP contribution in [0.15, 0.2) is 53.1 Å². The summed E-state index contributed by atoms with van der Waals surface area (Å²) >= 11 is 0.954. The number of ether oxygens (including phenoxy) is 3. The first-order chi connectivity index (χ1) is 14.8. The number of thiophene rings is 1. The van der Waals surface area contributed by atoms with E-state index in [0.29, 0.717) is 5.00 Å². The number of nitrogens with one attached hydrogen (secondary N) is 2. The fraction of sp³-hybridized carbons (Fsp3) is 0.105. The molecule has 1 aromatic carbocycles. The molecule has 12 heteroatoms. The zero-order valence-corrected chi connectivity index (χ0v) is 16.2. The average molecular weight is 450 g/mol. The molecule has 160 valence electrons. The molecule has 2 amide bonds. The molecule has 0 fully saturated rings. The molecular weight excluding hydrogens is 438 g/mol. The Morgan fingerprint density at radius 2 is 1.84 bits per heavy atom. The average Bonchev–Trinajstić information content (AvgIpc) is 3.44. The van der Waals surface area contributed by atoms with Gasteiger partial charge in [0.2, 0.25) is 0 Å². The first kappa shape index (κ1) is 20.3. The van der Waals surface area contributed by atoms with Crippen molar-refractivity contribution in [2.45, 2.75) is 6.29 Å². The normalized spacial score (nSPS) is 13.5. The first-order valence-electron chi connectivity index (χ1n) is 8.61. The van der Waals surface area contributed by atoms with Crippen LogP contribution in [0.2, 0.25) is 0 Å². The Labute approximate surface area is 176 Å². The van der Waals surface area contributed by atoms with Crippen molar-refractivity contribution >= 4 is 39.8 Å². The molecule has 0 aliphatic carbocycles. The van der Waals surface area contributed by atoms with Crippen LogP contribution in [0.1, 0.15) is 20.2 Å². The number of amides is 2. The van der Waals surface area contributed by atoms with Gasteiger partial charge in [-0.3, -0.25) is 9.59 Å². The van der Waals surface area contributed by atoms with Crippen LogP contribution >= 0.6 is 11.3 Å². The number of halogens is 2. The quantitative estimate of drug-likeness (QED) is 0.550. The van der Waals surface area contributed by atoms with E-state index in [9.17, 15) is 23.2 Å². The number of fused-ring (bicyclic) bond motifs is 1. The van der Waals surface area contributed by atoms with Crippen LogP contribution in [-0.4, -0.2) is 30.7 Å². The van der Waals surface area contributed by atoms with Gasteiger partial charge in [-0.25, -0.2) is 4.79 Å². The highest BCUT2D eigenvalue weighted by molar-refractivity contribution is 7.18. The van der Waals surface area contributed by atoms with E-state index in [0.717, 1.165) is 17.4 Å². The van der Waals surface area contributed by atoms with Gasteiger partial charge in [0.1, 0.15) is 4.88 Å². The second-order valence-electron chi connectivity index (χ2n) is 6.05. The van der Waals surface area contributed by atoms with Crippen molar-refractivity contribution in [3.8, 4) is 11.5 Å². The molecular formula is C19H12F2N2O7S. The summed E-state index contributed by atoms with van der Waals surface area (Å²) in [5, 5.41) is 5.34. The van der Waals surface area contributed by atoms with Crippen LogP contribution < -0.4 is 20.1 Å². The maximum Gasteiger partial charge on any atom is 0.586 e. The van der Waals surface area contributed by atoms with Crippen LogP contribution in [0.5, 0.6) is 11.5 Å². The molecule has 0 bridgehead atoms. The molecule has 2 aromatic heterocycles. The van der Waals surface area contributed by atoms with Crippen molar-refractivity contribution in [3.05, 3.63) is 59.4 Å². The van der Waals surface area contributed by atoms with E-state index in [1.165, 1.54) is 36.6 Å². The van der Waals surface area contributed by atoms with Gasteiger partial charge in [0.15, 0.2) is 23.9 Å². The van der Waals surface area contributed by atoms with E-state index < -0.39 is 30.7 Å². The van der Waals surface area contributed by atoms with Gasteiger partial charge in [-0.15, -0.1) is 20.1 Å². The molecule has 31 heavy (non-hydrogen) atoms. The maximum atomic E-state index is 13.0. The molecule has 9 nitrogen and oxygen atoms in total. The molecule has 0 unspecified atom stereocenters. The molecule has 2 N–H and O–H groups in total. The molecule has 0 saturated carbocycles. The number of esters is 1. The van der Waals surface area contributed by atoms with E-state index in [4.69, 9.17) is 9.15 Å².